The van der Waals surface area contributed by atoms with Crippen LogP contribution >= 0.6 is 0 Å². The summed E-state index contributed by atoms with van der Waals surface area (Å²) in [6.45, 7) is 4.59. The summed E-state index contributed by atoms with van der Waals surface area (Å²) in [7, 11) is 0. The molecular formula is C31H60. The summed E-state index contributed by atoms with van der Waals surface area (Å²) in [6.07, 6.45) is 44.9. The van der Waals surface area contributed by atoms with E-state index >= 15 is 0 Å². The van der Waals surface area contributed by atoms with Crippen molar-refractivity contribution in [3.63, 3.8) is 0 Å². The van der Waals surface area contributed by atoms with Crippen LogP contribution in [0, 0.1) is 0 Å². The molecule has 31 heavy (non-hydrogen) atoms. The van der Waals surface area contributed by atoms with Gasteiger partial charge in [0.2, 0.25) is 0 Å². The summed E-state index contributed by atoms with van der Waals surface area (Å²) in [6, 6.07) is 0. The normalized spacial score (nSPS) is 11.9. The Bertz CT molecular complexity index is 351. The highest BCUT2D eigenvalue weighted by atomic mass is 14.0. The highest BCUT2D eigenvalue weighted by molar-refractivity contribution is 4.82. The van der Waals surface area contributed by atoms with Crippen molar-refractivity contribution in [3.05, 3.63) is 24.3 Å². The van der Waals surface area contributed by atoms with E-state index in [2.05, 4.69) is 38.2 Å². The Balaban J connectivity index is 3.12. The zero-order chi connectivity index (χ0) is 22.5. The Morgan fingerprint density at radius 2 is 0.452 bits per heavy atom. The first-order valence-electron chi connectivity index (χ1n) is 14.7. The van der Waals surface area contributed by atoms with Gasteiger partial charge in [0.25, 0.3) is 0 Å². The van der Waals surface area contributed by atoms with E-state index < -0.39 is 0 Å². The van der Waals surface area contributed by atoms with Crippen LogP contribution < -0.4 is 0 Å². The SMILES string of the molecule is CCCCCCCCC=CCCCCCCCCC=CCCCCCCCCCCC. The molecule has 0 saturated carbocycles. The lowest BCUT2D eigenvalue weighted by Gasteiger charge is -2.01. The largest absolute Gasteiger partial charge is 0.0885 e. The van der Waals surface area contributed by atoms with E-state index in [1.165, 1.54) is 161 Å². The van der Waals surface area contributed by atoms with Crippen LogP contribution in [-0.2, 0) is 0 Å². The van der Waals surface area contributed by atoms with E-state index in [0.29, 0.717) is 0 Å². The molecule has 0 nitrogen and oxygen atoms in total. The highest BCUT2D eigenvalue weighted by Crippen LogP contribution is 2.12. The first-order valence-corrected chi connectivity index (χ1v) is 14.7. The van der Waals surface area contributed by atoms with Gasteiger partial charge in [0.15, 0.2) is 0 Å². The van der Waals surface area contributed by atoms with Crippen molar-refractivity contribution in [1.29, 1.82) is 0 Å². The fraction of sp³-hybridized carbons (Fsp3) is 0.871. The molecule has 0 bridgehead atoms. The fourth-order valence-electron chi connectivity index (χ4n) is 4.32. The molecule has 0 atom stereocenters. The summed E-state index contributed by atoms with van der Waals surface area (Å²) < 4.78 is 0. The van der Waals surface area contributed by atoms with E-state index in [9.17, 15) is 0 Å². The van der Waals surface area contributed by atoms with Gasteiger partial charge in [-0.1, -0.05) is 147 Å². The van der Waals surface area contributed by atoms with Crippen LogP contribution in [0.5, 0.6) is 0 Å². The number of hydrogen-bond acceptors (Lipinski definition) is 0. The molecular weight excluding hydrogens is 372 g/mol. The van der Waals surface area contributed by atoms with Crippen molar-refractivity contribution in [1.82, 2.24) is 0 Å². The van der Waals surface area contributed by atoms with Crippen LogP contribution in [0.3, 0.4) is 0 Å². The molecule has 0 aromatic rings. The van der Waals surface area contributed by atoms with Crippen molar-refractivity contribution >= 4 is 0 Å². The van der Waals surface area contributed by atoms with Crippen LogP contribution in [0.25, 0.3) is 0 Å². The molecule has 0 aromatic heterocycles. The Hall–Kier alpha value is -0.520. The predicted octanol–water partition coefficient (Wildman–Crippen LogP) is 11.9. The fourth-order valence-corrected chi connectivity index (χ4v) is 4.32. The van der Waals surface area contributed by atoms with Crippen LogP contribution in [-0.4, -0.2) is 0 Å². The van der Waals surface area contributed by atoms with Gasteiger partial charge in [-0.3, -0.25) is 0 Å². The molecule has 0 aromatic carbocycles. The molecule has 0 amide bonds. The highest BCUT2D eigenvalue weighted by Gasteiger charge is 1.93. The van der Waals surface area contributed by atoms with Crippen molar-refractivity contribution in [2.75, 3.05) is 0 Å². The predicted molar refractivity (Wildman–Crippen MR) is 145 cm³/mol. The van der Waals surface area contributed by atoms with Gasteiger partial charge in [-0.05, 0) is 51.4 Å². The van der Waals surface area contributed by atoms with Crippen LogP contribution in [0.1, 0.15) is 174 Å². The Kier molecular flexibility index (Phi) is 29.0. The topological polar surface area (TPSA) is 0 Å². The van der Waals surface area contributed by atoms with Gasteiger partial charge in [0, 0.05) is 0 Å². The number of allylic oxidation sites excluding steroid dienone is 4. The lowest BCUT2D eigenvalue weighted by Crippen LogP contribution is -1.81. The van der Waals surface area contributed by atoms with Gasteiger partial charge in [-0.25, -0.2) is 0 Å². The zero-order valence-corrected chi connectivity index (χ0v) is 22.0. The lowest BCUT2D eigenvalue weighted by molar-refractivity contribution is 0.566. The lowest BCUT2D eigenvalue weighted by atomic mass is 10.1. The molecule has 0 aliphatic rings. The van der Waals surface area contributed by atoms with Gasteiger partial charge in [0.05, 0.1) is 0 Å². The zero-order valence-electron chi connectivity index (χ0n) is 22.0. The average molecular weight is 433 g/mol. The van der Waals surface area contributed by atoms with Crippen molar-refractivity contribution in [2.24, 2.45) is 0 Å². The molecule has 0 aliphatic carbocycles. The van der Waals surface area contributed by atoms with Crippen molar-refractivity contribution in [3.8, 4) is 0 Å². The summed E-state index contributed by atoms with van der Waals surface area (Å²) in [4.78, 5) is 0. The number of hydrogen-bond donors (Lipinski definition) is 0. The minimum atomic E-state index is 1.30. The molecule has 0 unspecified atom stereocenters. The maximum absolute atomic E-state index is 2.44. The summed E-state index contributed by atoms with van der Waals surface area (Å²) in [5, 5.41) is 0. The van der Waals surface area contributed by atoms with E-state index in [1.54, 1.807) is 0 Å². The first-order chi connectivity index (χ1) is 15.4. The van der Waals surface area contributed by atoms with Gasteiger partial charge in [-0.15, -0.1) is 0 Å². The molecule has 0 fully saturated rings. The molecule has 0 saturated heterocycles. The second kappa shape index (κ2) is 29.5. The smallest absolute Gasteiger partial charge is 0.0351 e. The molecule has 0 aliphatic heterocycles. The maximum atomic E-state index is 2.44. The quantitative estimate of drug-likeness (QED) is 0.0941. The third-order valence-electron chi connectivity index (χ3n) is 6.52. The second-order valence-corrected chi connectivity index (χ2v) is 9.82. The van der Waals surface area contributed by atoms with Crippen LogP contribution in [0.4, 0.5) is 0 Å². The first kappa shape index (κ1) is 30.5. The van der Waals surface area contributed by atoms with Gasteiger partial charge in [-0.2, -0.15) is 0 Å². The summed E-state index contributed by atoms with van der Waals surface area (Å²) in [5.74, 6) is 0. The van der Waals surface area contributed by atoms with Crippen LogP contribution in [0.2, 0.25) is 0 Å². The average Bonchev–Trinajstić information content (AvgIpc) is 2.78. The number of rotatable bonds is 26. The van der Waals surface area contributed by atoms with E-state index in [-0.39, 0.29) is 0 Å². The molecule has 0 rings (SSSR count). The molecule has 0 N–H and O–H groups in total. The monoisotopic (exact) mass is 432 g/mol. The Morgan fingerprint density at radius 3 is 0.677 bits per heavy atom. The third kappa shape index (κ3) is 29.5. The molecule has 0 spiro atoms. The standard InChI is InChI=1S/C31H60/c1-3-5-7-9-11-13-15-17-19-21-23-25-27-29-31-30-28-26-24-22-20-18-16-14-12-10-8-6-4-2/h17,19,24,26H,3-16,18,20-23,25,27-31H2,1-2H3. The molecule has 184 valence electrons. The van der Waals surface area contributed by atoms with Gasteiger partial charge in [0.1, 0.15) is 0 Å². The number of unbranched alkanes of at least 4 members (excludes halogenated alkanes) is 22. The summed E-state index contributed by atoms with van der Waals surface area (Å²) in [5.41, 5.74) is 0. The third-order valence-corrected chi connectivity index (χ3v) is 6.52. The minimum absolute atomic E-state index is 1.30. The van der Waals surface area contributed by atoms with Crippen LogP contribution in [0.15, 0.2) is 24.3 Å². The molecule has 0 heteroatoms. The van der Waals surface area contributed by atoms with Gasteiger partial charge >= 0.3 is 0 Å². The molecule has 0 heterocycles. The minimum Gasteiger partial charge on any atom is -0.0885 e. The van der Waals surface area contributed by atoms with E-state index in [4.69, 9.17) is 0 Å². The van der Waals surface area contributed by atoms with E-state index in [1.807, 2.05) is 0 Å². The van der Waals surface area contributed by atoms with Crippen molar-refractivity contribution < 1.29 is 0 Å². The van der Waals surface area contributed by atoms with E-state index in [0.717, 1.165) is 0 Å². The maximum Gasteiger partial charge on any atom is -0.0351 e. The Morgan fingerprint density at radius 1 is 0.258 bits per heavy atom. The van der Waals surface area contributed by atoms with Gasteiger partial charge < -0.3 is 0 Å². The Labute approximate surface area is 198 Å². The molecule has 0 radical (unpaired) electrons. The van der Waals surface area contributed by atoms with Crippen molar-refractivity contribution in [2.45, 2.75) is 174 Å². The second-order valence-electron chi connectivity index (χ2n) is 9.82. The summed E-state index contributed by atoms with van der Waals surface area (Å²) >= 11 is 0.